The van der Waals surface area contributed by atoms with Gasteiger partial charge in [-0.3, -0.25) is 0 Å². The Morgan fingerprint density at radius 1 is 1.29 bits per heavy atom. The van der Waals surface area contributed by atoms with E-state index in [1.807, 2.05) is 32.9 Å². The highest BCUT2D eigenvalue weighted by molar-refractivity contribution is 5.89. The van der Waals surface area contributed by atoms with Gasteiger partial charge in [-0.2, -0.15) is 5.26 Å². The van der Waals surface area contributed by atoms with E-state index in [2.05, 4.69) is 16.7 Å². The molecule has 0 aliphatic heterocycles. The van der Waals surface area contributed by atoms with Crippen LogP contribution in [-0.4, -0.2) is 11.6 Å². The summed E-state index contributed by atoms with van der Waals surface area (Å²) >= 11 is 0. The largest absolute Gasteiger partial charge is 0.333 e. The Bertz CT molecular complexity index is 423. The summed E-state index contributed by atoms with van der Waals surface area (Å²) in [5, 5.41) is 14.1. The lowest BCUT2D eigenvalue weighted by Gasteiger charge is -2.20. The molecule has 1 rings (SSSR count). The molecule has 0 radical (unpaired) electrons. The van der Waals surface area contributed by atoms with Crippen LogP contribution in [0.3, 0.4) is 0 Å². The lowest BCUT2D eigenvalue weighted by atomic mass is 10.1. The van der Waals surface area contributed by atoms with E-state index < -0.39 is 0 Å². The fourth-order valence-corrected chi connectivity index (χ4v) is 1.30. The molecule has 0 saturated heterocycles. The minimum atomic E-state index is -0.259. The molecular formula is C13H17N3O. The van der Waals surface area contributed by atoms with Crippen LogP contribution in [0.5, 0.6) is 0 Å². The molecule has 0 aliphatic rings. The Morgan fingerprint density at radius 2 is 1.88 bits per heavy atom. The van der Waals surface area contributed by atoms with Gasteiger partial charge in [-0.1, -0.05) is 12.1 Å². The molecular weight excluding hydrogens is 214 g/mol. The van der Waals surface area contributed by atoms with E-state index >= 15 is 0 Å². The van der Waals surface area contributed by atoms with Gasteiger partial charge in [-0.05, 0) is 38.5 Å². The summed E-state index contributed by atoms with van der Waals surface area (Å²) in [6, 6.07) is 9.08. The van der Waals surface area contributed by atoms with Crippen LogP contribution in [0.25, 0.3) is 0 Å². The van der Waals surface area contributed by atoms with Crippen molar-refractivity contribution < 1.29 is 4.79 Å². The van der Waals surface area contributed by atoms with Crippen molar-refractivity contribution in [3.05, 3.63) is 29.8 Å². The predicted molar refractivity (Wildman–Crippen MR) is 67.7 cm³/mol. The maximum atomic E-state index is 11.6. The summed E-state index contributed by atoms with van der Waals surface area (Å²) in [5.41, 5.74) is 1.40. The van der Waals surface area contributed by atoms with Crippen molar-refractivity contribution in [2.24, 2.45) is 0 Å². The number of nitrogens with zero attached hydrogens (tertiary/aromatic N) is 1. The van der Waals surface area contributed by atoms with Gasteiger partial charge < -0.3 is 10.6 Å². The molecule has 0 bridgehead atoms. The first-order chi connectivity index (χ1) is 7.90. The number of benzene rings is 1. The second-order valence-corrected chi connectivity index (χ2v) is 4.86. The van der Waals surface area contributed by atoms with Crippen LogP contribution in [0.15, 0.2) is 24.3 Å². The molecule has 0 atom stereocenters. The van der Waals surface area contributed by atoms with Crippen LogP contribution in [0, 0.1) is 11.3 Å². The first-order valence-electron chi connectivity index (χ1n) is 5.46. The summed E-state index contributed by atoms with van der Waals surface area (Å²) in [7, 11) is 0. The van der Waals surface area contributed by atoms with Gasteiger partial charge in [-0.25, -0.2) is 4.79 Å². The number of nitriles is 1. The standard InChI is InChI=1S/C13H17N3O/c1-13(2,3)16-12(17)15-11-6-4-10(5-7-11)8-9-14/h4-7H,8H2,1-3H3,(H2,15,16,17). The van der Waals surface area contributed by atoms with Gasteiger partial charge in [0.1, 0.15) is 0 Å². The summed E-state index contributed by atoms with van der Waals surface area (Å²) < 4.78 is 0. The van der Waals surface area contributed by atoms with Crippen molar-refractivity contribution in [3.8, 4) is 6.07 Å². The number of urea groups is 1. The first-order valence-corrected chi connectivity index (χ1v) is 5.46. The number of hydrogen-bond donors (Lipinski definition) is 2. The SMILES string of the molecule is CC(C)(C)NC(=O)Nc1ccc(CC#N)cc1. The number of carbonyl (C=O) groups excluding carboxylic acids is 1. The van der Waals surface area contributed by atoms with Crippen LogP contribution < -0.4 is 10.6 Å². The summed E-state index contributed by atoms with van der Waals surface area (Å²) in [6.07, 6.45) is 0.383. The fourth-order valence-electron chi connectivity index (χ4n) is 1.30. The monoisotopic (exact) mass is 231 g/mol. The molecule has 0 saturated carbocycles. The molecule has 0 heterocycles. The topological polar surface area (TPSA) is 64.9 Å². The van der Waals surface area contributed by atoms with Gasteiger partial charge in [0.25, 0.3) is 0 Å². The highest BCUT2D eigenvalue weighted by Crippen LogP contribution is 2.10. The van der Waals surface area contributed by atoms with Gasteiger partial charge in [0.15, 0.2) is 0 Å². The first kappa shape index (κ1) is 13.0. The zero-order valence-electron chi connectivity index (χ0n) is 10.4. The van der Waals surface area contributed by atoms with E-state index in [9.17, 15) is 4.79 Å². The Balaban J connectivity index is 2.58. The minimum absolute atomic E-state index is 0.231. The van der Waals surface area contributed by atoms with Gasteiger partial charge in [0.05, 0.1) is 12.5 Å². The zero-order chi connectivity index (χ0) is 12.9. The molecule has 2 N–H and O–H groups in total. The number of anilines is 1. The molecule has 90 valence electrons. The van der Waals surface area contributed by atoms with Crippen LogP contribution in [0.2, 0.25) is 0 Å². The average molecular weight is 231 g/mol. The van der Waals surface area contributed by atoms with Crippen molar-refractivity contribution in [1.82, 2.24) is 5.32 Å². The molecule has 1 aromatic carbocycles. The summed E-state index contributed by atoms with van der Waals surface area (Å²) in [5.74, 6) is 0. The minimum Gasteiger partial charge on any atom is -0.333 e. The highest BCUT2D eigenvalue weighted by Gasteiger charge is 2.13. The summed E-state index contributed by atoms with van der Waals surface area (Å²) in [6.45, 7) is 5.76. The molecule has 0 aliphatic carbocycles. The maximum Gasteiger partial charge on any atom is 0.319 e. The smallest absolute Gasteiger partial charge is 0.319 e. The molecule has 0 unspecified atom stereocenters. The van der Waals surface area contributed by atoms with Crippen LogP contribution >= 0.6 is 0 Å². The third kappa shape index (κ3) is 5.03. The van der Waals surface area contributed by atoms with Gasteiger partial charge >= 0.3 is 6.03 Å². The van der Waals surface area contributed by atoms with Gasteiger partial charge in [0.2, 0.25) is 0 Å². The number of rotatable bonds is 2. The third-order valence-corrected chi connectivity index (χ3v) is 1.98. The number of hydrogen-bond acceptors (Lipinski definition) is 2. The van der Waals surface area contributed by atoms with E-state index in [1.54, 1.807) is 12.1 Å². The van der Waals surface area contributed by atoms with E-state index in [1.165, 1.54) is 0 Å². The maximum absolute atomic E-state index is 11.6. The van der Waals surface area contributed by atoms with Gasteiger partial charge in [-0.15, -0.1) is 0 Å². The Labute approximate surface area is 102 Å². The van der Waals surface area contributed by atoms with Crippen molar-refractivity contribution in [2.75, 3.05) is 5.32 Å². The normalized spacial score (nSPS) is 10.5. The number of carbonyl (C=O) groups is 1. The van der Waals surface area contributed by atoms with Crippen molar-refractivity contribution >= 4 is 11.7 Å². The molecule has 2 amide bonds. The second-order valence-electron chi connectivity index (χ2n) is 4.86. The molecule has 1 aromatic rings. The molecule has 4 nitrogen and oxygen atoms in total. The summed E-state index contributed by atoms with van der Waals surface area (Å²) in [4.78, 5) is 11.6. The molecule has 17 heavy (non-hydrogen) atoms. The van der Waals surface area contributed by atoms with Crippen LogP contribution in [0.4, 0.5) is 10.5 Å². The Kier molecular flexibility index (Phi) is 4.11. The van der Waals surface area contributed by atoms with E-state index in [-0.39, 0.29) is 11.6 Å². The molecule has 0 spiro atoms. The van der Waals surface area contributed by atoms with Crippen molar-refractivity contribution in [1.29, 1.82) is 5.26 Å². The van der Waals surface area contributed by atoms with Crippen LogP contribution in [-0.2, 0) is 6.42 Å². The third-order valence-electron chi connectivity index (χ3n) is 1.98. The Morgan fingerprint density at radius 3 is 2.35 bits per heavy atom. The lowest BCUT2D eigenvalue weighted by molar-refractivity contribution is 0.244. The highest BCUT2D eigenvalue weighted by atomic mass is 16.2. The number of amides is 2. The molecule has 4 heteroatoms. The number of nitrogens with one attached hydrogen (secondary N) is 2. The average Bonchev–Trinajstić information content (AvgIpc) is 2.18. The van der Waals surface area contributed by atoms with E-state index in [0.29, 0.717) is 12.1 Å². The van der Waals surface area contributed by atoms with E-state index in [0.717, 1.165) is 5.56 Å². The van der Waals surface area contributed by atoms with Crippen molar-refractivity contribution in [2.45, 2.75) is 32.7 Å². The van der Waals surface area contributed by atoms with Crippen molar-refractivity contribution in [3.63, 3.8) is 0 Å². The molecule has 0 aromatic heterocycles. The lowest BCUT2D eigenvalue weighted by Crippen LogP contribution is -2.43. The van der Waals surface area contributed by atoms with Crippen LogP contribution in [0.1, 0.15) is 26.3 Å². The van der Waals surface area contributed by atoms with Gasteiger partial charge in [0, 0.05) is 11.2 Å². The quantitative estimate of drug-likeness (QED) is 0.821. The predicted octanol–water partition coefficient (Wildman–Crippen LogP) is 2.67. The molecule has 0 fully saturated rings. The zero-order valence-corrected chi connectivity index (χ0v) is 10.4. The Hall–Kier alpha value is -2.02. The van der Waals surface area contributed by atoms with E-state index in [4.69, 9.17) is 5.26 Å². The fraction of sp³-hybridized carbons (Fsp3) is 0.385. The second kappa shape index (κ2) is 5.35.